The van der Waals surface area contributed by atoms with Crippen LogP contribution in [0.15, 0.2) is 48.5 Å². The highest BCUT2D eigenvalue weighted by Crippen LogP contribution is 2.32. The summed E-state index contributed by atoms with van der Waals surface area (Å²) in [5, 5.41) is 10.8. The number of nitro benzene ring substituents is 1. The molecule has 1 atom stereocenters. The Morgan fingerprint density at radius 3 is 2.72 bits per heavy atom. The molecule has 130 valence electrons. The number of carbonyl (C=O) groups excluding carboxylic acids is 1. The van der Waals surface area contributed by atoms with E-state index >= 15 is 0 Å². The zero-order valence-electron chi connectivity index (χ0n) is 13.7. The molecule has 6 heteroatoms. The Morgan fingerprint density at radius 2 is 2.00 bits per heavy atom. The number of amides is 1. The van der Waals surface area contributed by atoms with Gasteiger partial charge in [0.2, 0.25) is 5.91 Å². The molecule has 0 N–H and O–H groups in total. The lowest BCUT2D eigenvalue weighted by atomic mass is 10.0. The number of likely N-dealkylation sites (tertiary alicyclic amines) is 1. The third-order valence-electron chi connectivity index (χ3n) is 4.58. The maximum Gasteiger partial charge on any atom is 0.269 e. The average molecular weight is 342 g/mol. The Morgan fingerprint density at radius 1 is 1.24 bits per heavy atom. The number of halogens is 1. The summed E-state index contributed by atoms with van der Waals surface area (Å²) in [6, 6.07) is 12.7. The molecule has 3 rings (SSSR count). The predicted octanol–water partition coefficient (Wildman–Crippen LogP) is 4.03. The van der Waals surface area contributed by atoms with Gasteiger partial charge < -0.3 is 4.90 Å². The summed E-state index contributed by atoms with van der Waals surface area (Å²) in [6.45, 7) is 0.690. The van der Waals surface area contributed by atoms with Crippen LogP contribution in [0.3, 0.4) is 0 Å². The van der Waals surface area contributed by atoms with Gasteiger partial charge in [0.15, 0.2) is 0 Å². The second-order valence-corrected chi connectivity index (χ2v) is 6.22. The van der Waals surface area contributed by atoms with Crippen molar-refractivity contribution in [2.45, 2.75) is 31.7 Å². The highest BCUT2D eigenvalue weighted by atomic mass is 19.1. The van der Waals surface area contributed by atoms with Crippen LogP contribution in [-0.4, -0.2) is 22.3 Å². The van der Waals surface area contributed by atoms with Crippen molar-refractivity contribution in [1.82, 2.24) is 4.90 Å². The van der Waals surface area contributed by atoms with Crippen molar-refractivity contribution in [2.75, 3.05) is 6.54 Å². The molecule has 2 aromatic carbocycles. The summed E-state index contributed by atoms with van der Waals surface area (Å²) in [6.07, 6.45) is 2.56. The van der Waals surface area contributed by atoms with E-state index in [9.17, 15) is 19.3 Å². The molecule has 1 amide bonds. The molecule has 0 aromatic heterocycles. The lowest BCUT2D eigenvalue weighted by Gasteiger charge is -2.25. The van der Waals surface area contributed by atoms with Gasteiger partial charge in [0, 0.05) is 25.1 Å². The summed E-state index contributed by atoms with van der Waals surface area (Å²) >= 11 is 0. The van der Waals surface area contributed by atoms with Gasteiger partial charge in [0.1, 0.15) is 5.82 Å². The SMILES string of the molecule is O=C(CCc1cccc([N+](=O)[O-])c1)N1CCC[C@H]1c1ccc(F)cc1. The van der Waals surface area contributed by atoms with E-state index in [1.165, 1.54) is 24.3 Å². The molecular formula is C19H19FN2O3. The lowest BCUT2D eigenvalue weighted by Crippen LogP contribution is -2.30. The Kier molecular flexibility index (Phi) is 5.07. The normalized spacial score (nSPS) is 16.8. The minimum Gasteiger partial charge on any atom is -0.336 e. The van der Waals surface area contributed by atoms with Crippen molar-refractivity contribution in [1.29, 1.82) is 0 Å². The van der Waals surface area contributed by atoms with Crippen LogP contribution in [0.5, 0.6) is 0 Å². The predicted molar refractivity (Wildman–Crippen MR) is 91.5 cm³/mol. The first-order chi connectivity index (χ1) is 12.0. The molecule has 1 fully saturated rings. The minimum atomic E-state index is -0.434. The minimum absolute atomic E-state index is 0.0155. The van der Waals surface area contributed by atoms with Crippen LogP contribution in [0.25, 0.3) is 0 Å². The van der Waals surface area contributed by atoms with Gasteiger partial charge in [-0.1, -0.05) is 24.3 Å². The molecule has 1 aliphatic heterocycles. The monoisotopic (exact) mass is 342 g/mol. The van der Waals surface area contributed by atoms with E-state index in [4.69, 9.17) is 0 Å². The first kappa shape index (κ1) is 17.1. The first-order valence-corrected chi connectivity index (χ1v) is 8.33. The van der Waals surface area contributed by atoms with Gasteiger partial charge >= 0.3 is 0 Å². The Balaban J connectivity index is 1.65. The van der Waals surface area contributed by atoms with Crippen LogP contribution in [0.4, 0.5) is 10.1 Å². The summed E-state index contributed by atoms with van der Waals surface area (Å²) in [5.74, 6) is -0.261. The van der Waals surface area contributed by atoms with E-state index < -0.39 is 4.92 Å². The molecule has 1 aliphatic rings. The Hall–Kier alpha value is -2.76. The second kappa shape index (κ2) is 7.42. The molecule has 0 spiro atoms. The number of nitro groups is 1. The van der Waals surface area contributed by atoms with Crippen LogP contribution in [-0.2, 0) is 11.2 Å². The van der Waals surface area contributed by atoms with Crippen LogP contribution in [0.1, 0.15) is 36.4 Å². The number of carbonyl (C=O) groups is 1. The molecule has 0 bridgehead atoms. The molecule has 0 saturated carbocycles. The highest BCUT2D eigenvalue weighted by Gasteiger charge is 2.29. The summed E-state index contributed by atoms with van der Waals surface area (Å²) in [4.78, 5) is 24.8. The van der Waals surface area contributed by atoms with Crippen molar-refractivity contribution < 1.29 is 14.1 Å². The number of hydrogen-bond donors (Lipinski definition) is 0. The largest absolute Gasteiger partial charge is 0.336 e. The smallest absolute Gasteiger partial charge is 0.269 e. The van der Waals surface area contributed by atoms with Gasteiger partial charge in [-0.25, -0.2) is 4.39 Å². The van der Waals surface area contributed by atoms with E-state index in [1.807, 2.05) is 4.90 Å². The average Bonchev–Trinajstić information content (AvgIpc) is 3.10. The van der Waals surface area contributed by atoms with Crippen LogP contribution in [0.2, 0.25) is 0 Å². The third kappa shape index (κ3) is 4.02. The van der Waals surface area contributed by atoms with Crippen molar-refractivity contribution in [3.05, 3.63) is 75.6 Å². The van der Waals surface area contributed by atoms with Gasteiger partial charge in [-0.15, -0.1) is 0 Å². The van der Waals surface area contributed by atoms with Crippen molar-refractivity contribution in [3.8, 4) is 0 Å². The van der Waals surface area contributed by atoms with E-state index in [0.717, 1.165) is 24.0 Å². The third-order valence-corrected chi connectivity index (χ3v) is 4.58. The molecule has 1 saturated heterocycles. The van der Waals surface area contributed by atoms with Crippen LogP contribution in [0, 0.1) is 15.9 Å². The molecule has 0 aliphatic carbocycles. The first-order valence-electron chi connectivity index (χ1n) is 8.33. The zero-order valence-corrected chi connectivity index (χ0v) is 13.7. The fraction of sp³-hybridized carbons (Fsp3) is 0.316. The number of aryl methyl sites for hydroxylation is 1. The van der Waals surface area contributed by atoms with Crippen molar-refractivity contribution in [3.63, 3.8) is 0 Å². The van der Waals surface area contributed by atoms with Gasteiger partial charge in [-0.3, -0.25) is 14.9 Å². The van der Waals surface area contributed by atoms with E-state index in [2.05, 4.69) is 0 Å². The summed E-state index contributed by atoms with van der Waals surface area (Å²) in [7, 11) is 0. The highest BCUT2D eigenvalue weighted by molar-refractivity contribution is 5.77. The quantitative estimate of drug-likeness (QED) is 0.609. The molecule has 5 nitrogen and oxygen atoms in total. The number of benzene rings is 2. The van der Waals surface area contributed by atoms with Gasteiger partial charge in [0.05, 0.1) is 11.0 Å². The Labute approximate surface area is 145 Å². The maximum atomic E-state index is 13.1. The van der Waals surface area contributed by atoms with Crippen molar-refractivity contribution in [2.24, 2.45) is 0 Å². The number of non-ortho nitro benzene ring substituents is 1. The zero-order chi connectivity index (χ0) is 17.8. The number of rotatable bonds is 5. The molecule has 2 aromatic rings. The molecule has 0 unspecified atom stereocenters. The summed E-state index contributed by atoms with van der Waals surface area (Å²) in [5.41, 5.74) is 1.76. The van der Waals surface area contributed by atoms with E-state index in [1.54, 1.807) is 24.3 Å². The van der Waals surface area contributed by atoms with E-state index in [0.29, 0.717) is 19.4 Å². The molecule has 25 heavy (non-hydrogen) atoms. The summed E-state index contributed by atoms with van der Waals surface area (Å²) < 4.78 is 13.1. The fourth-order valence-corrected chi connectivity index (χ4v) is 3.32. The van der Waals surface area contributed by atoms with Gasteiger partial charge in [-0.05, 0) is 42.5 Å². The number of nitrogens with zero attached hydrogens (tertiary/aromatic N) is 2. The van der Waals surface area contributed by atoms with Crippen LogP contribution >= 0.6 is 0 Å². The van der Waals surface area contributed by atoms with E-state index in [-0.39, 0.29) is 23.5 Å². The van der Waals surface area contributed by atoms with Crippen molar-refractivity contribution >= 4 is 11.6 Å². The van der Waals surface area contributed by atoms with Crippen LogP contribution < -0.4 is 0 Å². The van der Waals surface area contributed by atoms with Gasteiger partial charge in [0.25, 0.3) is 5.69 Å². The second-order valence-electron chi connectivity index (χ2n) is 6.22. The molecule has 0 radical (unpaired) electrons. The number of hydrogen-bond acceptors (Lipinski definition) is 3. The maximum absolute atomic E-state index is 13.1. The lowest BCUT2D eigenvalue weighted by molar-refractivity contribution is -0.384. The standard InChI is InChI=1S/C19H19FN2O3/c20-16-9-7-15(8-10-16)18-5-2-12-21(18)19(23)11-6-14-3-1-4-17(13-14)22(24)25/h1,3-4,7-10,13,18H,2,5-6,11-12H2/t18-/m0/s1. The molecular weight excluding hydrogens is 323 g/mol. The molecule has 1 heterocycles. The topological polar surface area (TPSA) is 63.4 Å². The Bertz CT molecular complexity index is 776. The van der Waals surface area contributed by atoms with Gasteiger partial charge in [-0.2, -0.15) is 0 Å². The fourth-order valence-electron chi connectivity index (χ4n) is 3.32.